The first-order valence-electron chi connectivity index (χ1n) is 5.78. The maximum Gasteiger partial charge on any atom is 0.335 e. The lowest BCUT2D eigenvalue weighted by Crippen LogP contribution is -2.45. The highest BCUT2D eigenvalue weighted by molar-refractivity contribution is 5.88. The largest absolute Gasteiger partial charge is 0.478 e. The average Bonchev–Trinajstić information content (AvgIpc) is 2.40. The molecule has 0 saturated carbocycles. The van der Waals surface area contributed by atoms with E-state index in [1.807, 2.05) is 42.3 Å². The predicted molar refractivity (Wildman–Crippen MR) is 69.7 cm³/mol. The molecule has 0 radical (unpaired) electrons. The second kappa shape index (κ2) is 5.51. The van der Waals surface area contributed by atoms with E-state index in [1.54, 1.807) is 18.4 Å². The summed E-state index contributed by atoms with van der Waals surface area (Å²) < 4.78 is 0. The van der Waals surface area contributed by atoms with Gasteiger partial charge in [0.15, 0.2) is 0 Å². The third-order valence-corrected chi connectivity index (χ3v) is 2.88. The normalized spacial score (nSPS) is 18.3. The number of aliphatic carboxylic acids is 1. The molecule has 1 unspecified atom stereocenters. The van der Waals surface area contributed by atoms with Gasteiger partial charge >= 0.3 is 5.97 Å². The van der Waals surface area contributed by atoms with Crippen LogP contribution in [0.1, 0.15) is 5.56 Å². The number of hydrogen-bond acceptors (Lipinski definition) is 3. The van der Waals surface area contributed by atoms with Crippen LogP contribution in [0.2, 0.25) is 0 Å². The fourth-order valence-electron chi connectivity index (χ4n) is 2.00. The smallest absolute Gasteiger partial charge is 0.335 e. The van der Waals surface area contributed by atoms with Crippen molar-refractivity contribution in [3.05, 3.63) is 59.8 Å². The zero-order valence-electron chi connectivity index (χ0n) is 10.2. The molecule has 1 aliphatic heterocycles. The zero-order chi connectivity index (χ0) is 13.0. The molecule has 0 saturated heterocycles. The third-order valence-electron chi connectivity index (χ3n) is 2.88. The summed E-state index contributed by atoms with van der Waals surface area (Å²) in [5.41, 5.74) is 1.51. The van der Waals surface area contributed by atoms with Gasteiger partial charge in [-0.15, -0.1) is 0 Å². The first-order valence-corrected chi connectivity index (χ1v) is 5.78. The molecule has 0 aliphatic carbocycles. The van der Waals surface area contributed by atoms with Crippen molar-refractivity contribution in [1.82, 2.24) is 10.2 Å². The van der Waals surface area contributed by atoms with E-state index in [-0.39, 0.29) is 6.17 Å². The van der Waals surface area contributed by atoms with Gasteiger partial charge < -0.3 is 10.4 Å². The lowest BCUT2D eigenvalue weighted by Gasteiger charge is -2.30. The summed E-state index contributed by atoms with van der Waals surface area (Å²) in [5, 5.41) is 12.2. The van der Waals surface area contributed by atoms with Crippen molar-refractivity contribution in [3.63, 3.8) is 0 Å². The van der Waals surface area contributed by atoms with Crippen molar-refractivity contribution >= 4 is 5.97 Å². The van der Waals surface area contributed by atoms with Crippen molar-refractivity contribution in [1.29, 1.82) is 0 Å². The molecule has 0 aromatic heterocycles. The Bertz CT molecular complexity index is 480. The second-order valence-electron chi connectivity index (χ2n) is 4.26. The molecule has 4 nitrogen and oxygen atoms in total. The van der Waals surface area contributed by atoms with Gasteiger partial charge in [0.05, 0.1) is 5.57 Å². The van der Waals surface area contributed by atoms with Crippen LogP contribution in [-0.2, 0) is 11.3 Å². The van der Waals surface area contributed by atoms with Crippen molar-refractivity contribution < 1.29 is 9.90 Å². The van der Waals surface area contributed by atoms with E-state index in [0.29, 0.717) is 12.1 Å². The Morgan fingerprint density at radius 2 is 2.11 bits per heavy atom. The average molecular weight is 244 g/mol. The molecule has 0 spiro atoms. The lowest BCUT2D eigenvalue weighted by atomic mass is 10.1. The molecule has 2 rings (SSSR count). The summed E-state index contributed by atoms with van der Waals surface area (Å²) in [6.45, 7) is 0.691. The summed E-state index contributed by atoms with van der Waals surface area (Å²) in [6, 6.07) is 9.98. The topological polar surface area (TPSA) is 52.6 Å². The van der Waals surface area contributed by atoms with Crippen molar-refractivity contribution in [2.24, 2.45) is 0 Å². The van der Waals surface area contributed by atoms with Crippen LogP contribution < -0.4 is 5.32 Å². The molecule has 1 aliphatic rings. The lowest BCUT2D eigenvalue weighted by molar-refractivity contribution is -0.133. The Morgan fingerprint density at radius 1 is 1.39 bits per heavy atom. The number of allylic oxidation sites excluding steroid dienone is 2. The molecule has 2 N–H and O–H groups in total. The van der Waals surface area contributed by atoms with Crippen LogP contribution in [0.15, 0.2) is 54.3 Å². The molecule has 0 fully saturated rings. The maximum absolute atomic E-state index is 11.2. The second-order valence-corrected chi connectivity index (χ2v) is 4.26. The zero-order valence-corrected chi connectivity index (χ0v) is 10.2. The van der Waals surface area contributed by atoms with Gasteiger partial charge in [-0.3, -0.25) is 4.90 Å². The molecule has 0 amide bonds. The van der Waals surface area contributed by atoms with Gasteiger partial charge in [-0.05, 0) is 31.0 Å². The number of carboxylic acids is 1. The van der Waals surface area contributed by atoms with Gasteiger partial charge in [0.2, 0.25) is 0 Å². The molecule has 94 valence electrons. The maximum atomic E-state index is 11.2. The fourth-order valence-corrected chi connectivity index (χ4v) is 2.00. The molecule has 1 atom stereocenters. The molecular weight excluding hydrogens is 228 g/mol. The fraction of sp³-hybridized carbons (Fsp3) is 0.214. The van der Waals surface area contributed by atoms with Crippen LogP contribution in [0, 0.1) is 0 Å². The minimum Gasteiger partial charge on any atom is -0.478 e. The number of rotatable bonds is 4. The van der Waals surface area contributed by atoms with E-state index in [4.69, 9.17) is 5.11 Å². The first kappa shape index (κ1) is 12.4. The summed E-state index contributed by atoms with van der Waals surface area (Å²) in [7, 11) is 1.90. The summed E-state index contributed by atoms with van der Waals surface area (Å²) in [5.74, 6) is -0.892. The number of nitrogens with one attached hydrogen (secondary N) is 1. The quantitative estimate of drug-likeness (QED) is 0.844. The number of nitrogens with zero attached hydrogens (tertiary/aromatic N) is 1. The molecule has 1 aromatic carbocycles. The van der Waals surface area contributed by atoms with Crippen LogP contribution >= 0.6 is 0 Å². The van der Waals surface area contributed by atoms with E-state index in [2.05, 4.69) is 5.32 Å². The molecule has 1 heterocycles. The highest BCUT2D eigenvalue weighted by Crippen LogP contribution is 2.14. The standard InChI is InChI=1S/C14H16N2O2/c1-16(10-11-6-3-2-4-7-11)13-12(14(17)18)8-5-9-15-13/h2-9,13,15H,10H2,1H3,(H,17,18). The van der Waals surface area contributed by atoms with Gasteiger partial charge in [-0.2, -0.15) is 0 Å². The molecule has 18 heavy (non-hydrogen) atoms. The van der Waals surface area contributed by atoms with Gasteiger partial charge in [-0.25, -0.2) is 4.79 Å². The van der Waals surface area contributed by atoms with Gasteiger partial charge in [0, 0.05) is 6.54 Å². The Labute approximate surface area is 106 Å². The van der Waals surface area contributed by atoms with Gasteiger partial charge in [0.25, 0.3) is 0 Å². The molecule has 4 heteroatoms. The van der Waals surface area contributed by atoms with E-state index in [9.17, 15) is 4.79 Å². The first-order chi connectivity index (χ1) is 8.68. The molecule has 1 aromatic rings. The number of benzene rings is 1. The number of carbonyl (C=O) groups is 1. The summed E-state index contributed by atoms with van der Waals surface area (Å²) >= 11 is 0. The Morgan fingerprint density at radius 3 is 2.78 bits per heavy atom. The monoisotopic (exact) mass is 244 g/mol. The highest BCUT2D eigenvalue weighted by Gasteiger charge is 2.24. The number of carboxylic acid groups (broad SMARTS) is 1. The third kappa shape index (κ3) is 2.78. The van der Waals surface area contributed by atoms with Gasteiger partial charge in [-0.1, -0.05) is 30.3 Å². The summed E-state index contributed by atoms with van der Waals surface area (Å²) in [6.07, 6.45) is 4.80. The number of dihydropyridines is 1. The van der Waals surface area contributed by atoms with Crippen molar-refractivity contribution in [3.8, 4) is 0 Å². The SMILES string of the molecule is CN(Cc1ccccc1)C1NC=CC=C1C(=O)O. The van der Waals surface area contributed by atoms with E-state index >= 15 is 0 Å². The van der Waals surface area contributed by atoms with E-state index < -0.39 is 5.97 Å². The Kier molecular flexibility index (Phi) is 3.79. The summed E-state index contributed by atoms with van der Waals surface area (Å²) in [4.78, 5) is 13.1. The molecule has 0 bridgehead atoms. The van der Waals surface area contributed by atoms with Crippen LogP contribution in [0.5, 0.6) is 0 Å². The van der Waals surface area contributed by atoms with E-state index in [0.717, 1.165) is 5.56 Å². The Hall–Kier alpha value is -2.07. The molecular formula is C14H16N2O2. The predicted octanol–water partition coefficient (Wildman–Crippen LogP) is 1.57. The van der Waals surface area contributed by atoms with Crippen LogP contribution in [0.25, 0.3) is 0 Å². The minimum atomic E-state index is -0.892. The minimum absolute atomic E-state index is 0.298. The van der Waals surface area contributed by atoms with Crippen molar-refractivity contribution in [2.45, 2.75) is 12.7 Å². The Balaban J connectivity index is 2.09. The van der Waals surface area contributed by atoms with E-state index in [1.165, 1.54) is 0 Å². The van der Waals surface area contributed by atoms with Crippen LogP contribution in [-0.4, -0.2) is 29.2 Å². The highest BCUT2D eigenvalue weighted by atomic mass is 16.4. The number of likely N-dealkylation sites (N-methyl/N-ethyl adjacent to an activating group) is 1. The van der Waals surface area contributed by atoms with Crippen LogP contribution in [0.3, 0.4) is 0 Å². The van der Waals surface area contributed by atoms with Crippen molar-refractivity contribution in [2.75, 3.05) is 7.05 Å². The van der Waals surface area contributed by atoms with Crippen LogP contribution in [0.4, 0.5) is 0 Å². The number of hydrogen-bond donors (Lipinski definition) is 2. The van der Waals surface area contributed by atoms with Gasteiger partial charge in [0.1, 0.15) is 6.17 Å².